The molecule has 0 saturated heterocycles. The van der Waals surface area contributed by atoms with Crippen molar-refractivity contribution in [2.75, 3.05) is 13.6 Å². The average molecular weight is 252 g/mol. The standard InChI is InChI=1S/C15H22ClN/c1-11(2)8-12-4-5-13(9-14(12)16)15(6-7-15)10-17-3/h4-5,9,11,17H,6-8,10H2,1-3H3. The first-order valence-corrected chi connectivity index (χ1v) is 6.89. The van der Waals surface area contributed by atoms with Crippen LogP contribution < -0.4 is 5.32 Å². The van der Waals surface area contributed by atoms with Crippen molar-refractivity contribution >= 4 is 11.6 Å². The van der Waals surface area contributed by atoms with E-state index in [1.165, 1.54) is 24.0 Å². The van der Waals surface area contributed by atoms with Gasteiger partial charge in [0.25, 0.3) is 0 Å². The molecular weight excluding hydrogens is 230 g/mol. The number of rotatable bonds is 5. The van der Waals surface area contributed by atoms with Gasteiger partial charge < -0.3 is 5.32 Å². The smallest absolute Gasteiger partial charge is 0.0441 e. The fourth-order valence-corrected chi connectivity index (χ4v) is 2.80. The lowest BCUT2D eigenvalue weighted by atomic mass is 9.93. The van der Waals surface area contributed by atoms with E-state index in [-0.39, 0.29) is 0 Å². The molecular formula is C15H22ClN. The lowest BCUT2D eigenvalue weighted by molar-refractivity contribution is 0.622. The predicted molar refractivity (Wildman–Crippen MR) is 74.8 cm³/mol. The summed E-state index contributed by atoms with van der Waals surface area (Å²) in [5.74, 6) is 0.658. The van der Waals surface area contributed by atoms with Crippen LogP contribution in [0, 0.1) is 5.92 Å². The second-order valence-corrected chi connectivity index (χ2v) is 6.12. The number of hydrogen-bond donors (Lipinski definition) is 1. The third-order valence-electron chi connectivity index (χ3n) is 3.66. The third kappa shape index (κ3) is 2.83. The largest absolute Gasteiger partial charge is 0.319 e. The maximum atomic E-state index is 6.39. The number of benzene rings is 1. The van der Waals surface area contributed by atoms with Gasteiger partial charge in [0, 0.05) is 17.0 Å². The molecule has 1 saturated carbocycles. The van der Waals surface area contributed by atoms with E-state index in [0.29, 0.717) is 11.3 Å². The molecule has 0 radical (unpaired) electrons. The van der Waals surface area contributed by atoms with Crippen LogP contribution >= 0.6 is 11.6 Å². The molecule has 0 unspecified atom stereocenters. The second kappa shape index (κ2) is 4.99. The summed E-state index contributed by atoms with van der Waals surface area (Å²) < 4.78 is 0. The summed E-state index contributed by atoms with van der Waals surface area (Å²) in [6.07, 6.45) is 3.64. The molecule has 17 heavy (non-hydrogen) atoms. The second-order valence-electron chi connectivity index (χ2n) is 5.71. The number of nitrogens with one attached hydrogen (secondary N) is 1. The van der Waals surface area contributed by atoms with E-state index in [9.17, 15) is 0 Å². The topological polar surface area (TPSA) is 12.0 Å². The van der Waals surface area contributed by atoms with Crippen molar-refractivity contribution in [3.05, 3.63) is 34.3 Å². The van der Waals surface area contributed by atoms with E-state index in [2.05, 4.69) is 37.4 Å². The Labute approximate surface area is 110 Å². The Morgan fingerprint density at radius 2 is 2.06 bits per heavy atom. The van der Waals surface area contributed by atoms with Crippen LogP contribution in [0.25, 0.3) is 0 Å². The molecule has 1 aromatic carbocycles. The van der Waals surface area contributed by atoms with E-state index >= 15 is 0 Å². The summed E-state index contributed by atoms with van der Waals surface area (Å²) in [5.41, 5.74) is 3.06. The van der Waals surface area contributed by atoms with E-state index in [0.717, 1.165) is 18.0 Å². The number of likely N-dealkylation sites (N-methyl/N-ethyl adjacent to an activating group) is 1. The van der Waals surface area contributed by atoms with Gasteiger partial charge in [0.2, 0.25) is 0 Å². The highest BCUT2D eigenvalue weighted by Crippen LogP contribution is 2.48. The molecule has 94 valence electrons. The Kier molecular flexibility index (Phi) is 3.79. The minimum atomic E-state index is 0.370. The monoisotopic (exact) mass is 251 g/mol. The molecule has 0 atom stereocenters. The van der Waals surface area contributed by atoms with Crippen LogP contribution in [0.2, 0.25) is 5.02 Å². The van der Waals surface area contributed by atoms with Crippen LogP contribution in [0.5, 0.6) is 0 Å². The Bertz CT molecular complexity index is 394. The molecule has 0 aliphatic heterocycles. The van der Waals surface area contributed by atoms with Gasteiger partial charge in [-0.1, -0.05) is 37.6 Å². The lowest BCUT2D eigenvalue weighted by Gasteiger charge is -2.17. The quantitative estimate of drug-likeness (QED) is 0.840. The Morgan fingerprint density at radius 3 is 2.53 bits per heavy atom. The predicted octanol–water partition coefficient (Wildman–Crippen LogP) is 3.79. The summed E-state index contributed by atoms with van der Waals surface area (Å²) in [4.78, 5) is 0. The van der Waals surface area contributed by atoms with Crippen LogP contribution in [-0.4, -0.2) is 13.6 Å². The summed E-state index contributed by atoms with van der Waals surface area (Å²) in [6, 6.07) is 6.67. The zero-order chi connectivity index (χ0) is 12.5. The van der Waals surface area contributed by atoms with Crippen LogP contribution in [-0.2, 0) is 11.8 Å². The first-order chi connectivity index (χ1) is 8.07. The van der Waals surface area contributed by atoms with Crippen molar-refractivity contribution in [1.82, 2.24) is 5.32 Å². The summed E-state index contributed by atoms with van der Waals surface area (Å²) in [7, 11) is 2.02. The molecule has 0 amide bonds. The Morgan fingerprint density at radius 1 is 1.35 bits per heavy atom. The van der Waals surface area contributed by atoms with Crippen molar-refractivity contribution in [3.63, 3.8) is 0 Å². The normalized spacial score (nSPS) is 17.5. The number of hydrogen-bond acceptors (Lipinski definition) is 1. The zero-order valence-electron chi connectivity index (χ0n) is 11.0. The summed E-state index contributed by atoms with van der Waals surface area (Å²) in [6.45, 7) is 5.52. The third-order valence-corrected chi connectivity index (χ3v) is 4.01. The van der Waals surface area contributed by atoms with Gasteiger partial charge in [0.1, 0.15) is 0 Å². The van der Waals surface area contributed by atoms with E-state index in [1.54, 1.807) is 0 Å². The van der Waals surface area contributed by atoms with Gasteiger partial charge in [-0.2, -0.15) is 0 Å². The fraction of sp³-hybridized carbons (Fsp3) is 0.600. The molecule has 0 bridgehead atoms. The van der Waals surface area contributed by atoms with Crippen molar-refractivity contribution in [2.24, 2.45) is 5.92 Å². The lowest BCUT2D eigenvalue weighted by Crippen LogP contribution is -2.23. The molecule has 1 aliphatic rings. The molecule has 2 rings (SSSR count). The Hall–Kier alpha value is -0.530. The van der Waals surface area contributed by atoms with E-state index in [4.69, 9.17) is 11.6 Å². The SMILES string of the molecule is CNCC1(c2ccc(CC(C)C)c(Cl)c2)CC1. The molecule has 0 aromatic heterocycles. The fourth-order valence-electron chi connectivity index (χ4n) is 2.54. The molecule has 2 heteroatoms. The van der Waals surface area contributed by atoms with Gasteiger partial charge in [-0.15, -0.1) is 0 Å². The minimum Gasteiger partial charge on any atom is -0.319 e. The molecule has 1 nitrogen and oxygen atoms in total. The maximum absolute atomic E-state index is 6.39. The molecule has 1 N–H and O–H groups in total. The van der Waals surface area contributed by atoms with Crippen molar-refractivity contribution in [2.45, 2.75) is 38.5 Å². The van der Waals surface area contributed by atoms with E-state index in [1.807, 2.05) is 7.05 Å². The van der Waals surface area contributed by atoms with Crippen LogP contribution in [0.3, 0.4) is 0 Å². The molecule has 0 heterocycles. The van der Waals surface area contributed by atoms with Crippen LogP contribution in [0.15, 0.2) is 18.2 Å². The van der Waals surface area contributed by atoms with Crippen molar-refractivity contribution in [1.29, 1.82) is 0 Å². The van der Waals surface area contributed by atoms with Gasteiger partial charge in [0.15, 0.2) is 0 Å². The van der Waals surface area contributed by atoms with Crippen molar-refractivity contribution in [3.8, 4) is 0 Å². The molecule has 1 aliphatic carbocycles. The highest BCUT2D eigenvalue weighted by Gasteiger charge is 2.43. The highest BCUT2D eigenvalue weighted by molar-refractivity contribution is 6.31. The first-order valence-electron chi connectivity index (χ1n) is 6.51. The Balaban J connectivity index is 2.19. The molecule has 1 aromatic rings. The molecule has 0 spiro atoms. The van der Waals surface area contributed by atoms with Gasteiger partial charge in [0.05, 0.1) is 0 Å². The summed E-state index contributed by atoms with van der Waals surface area (Å²) >= 11 is 6.39. The zero-order valence-corrected chi connectivity index (χ0v) is 11.8. The number of halogens is 1. The highest BCUT2D eigenvalue weighted by atomic mass is 35.5. The minimum absolute atomic E-state index is 0.370. The van der Waals surface area contributed by atoms with Gasteiger partial charge in [-0.3, -0.25) is 0 Å². The van der Waals surface area contributed by atoms with Crippen LogP contribution in [0.1, 0.15) is 37.8 Å². The molecule has 1 fully saturated rings. The maximum Gasteiger partial charge on any atom is 0.0441 e. The van der Waals surface area contributed by atoms with E-state index < -0.39 is 0 Å². The summed E-state index contributed by atoms with van der Waals surface area (Å²) in [5, 5.41) is 4.24. The van der Waals surface area contributed by atoms with Gasteiger partial charge in [-0.05, 0) is 49.4 Å². The van der Waals surface area contributed by atoms with Gasteiger partial charge >= 0.3 is 0 Å². The van der Waals surface area contributed by atoms with Gasteiger partial charge in [-0.25, -0.2) is 0 Å². The average Bonchev–Trinajstić information content (AvgIpc) is 3.02. The van der Waals surface area contributed by atoms with Crippen molar-refractivity contribution < 1.29 is 0 Å². The van der Waals surface area contributed by atoms with Crippen LogP contribution in [0.4, 0.5) is 0 Å². The first kappa shape index (κ1) is 12.9.